The molecule has 4 nitrogen and oxygen atoms in total. The van der Waals surface area contributed by atoms with E-state index < -0.39 is 17.7 Å². The Kier molecular flexibility index (Phi) is 7.02. The molecule has 35 heavy (non-hydrogen) atoms. The first-order chi connectivity index (χ1) is 16.8. The third-order valence-corrected chi connectivity index (χ3v) is 6.37. The minimum absolute atomic E-state index is 0.0218. The topological polar surface area (TPSA) is 57.6 Å². The lowest BCUT2D eigenvalue weighted by atomic mass is 9.85. The summed E-state index contributed by atoms with van der Waals surface area (Å²) in [4.78, 5) is 28.1. The van der Waals surface area contributed by atoms with Crippen LogP contribution in [0.5, 0.6) is 0 Å². The van der Waals surface area contributed by atoms with Crippen molar-refractivity contribution in [2.45, 2.75) is 38.6 Å². The highest BCUT2D eigenvalue weighted by atomic mass is 16.3. The maximum Gasteiger partial charge on any atom is 0.290 e. The van der Waals surface area contributed by atoms with Crippen LogP contribution in [0.2, 0.25) is 0 Å². The molecule has 1 aliphatic rings. The van der Waals surface area contributed by atoms with Crippen molar-refractivity contribution in [1.29, 1.82) is 0 Å². The van der Waals surface area contributed by atoms with Crippen molar-refractivity contribution in [2.24, 2.45) is 0 Å². The van der Waals surface area contributed by atoms with Crippen molar-refractivity contribution in [2.75, 3.05) is 6.54 Å². The van der Waals surface area contributed by atoms with Crippen LogP contribution in [-0.2, 0) is 21.4 Å². The van der Waals surface area contributed by atoms with E-state index in [-0.39, 0.29) is 16.8 Å². The summed E-state index contributed by atoms with van der Waals surface area (Å²) in [6.07, 6.45) is 3.77. The number of carbonyl (C=O) groups is 2. The Hall–Kier alpha value is -3.92. The summed E-state index contributed by atoms with van der Waals surface area (Å²) in [5.74, 6) is -1.35. The van der Waals surface area contributed by atoms with Crippen LogP contribution in [0, 0.1) is 0 Å². The number of amides is 1. The van der Waals surface area contributed by atoms with Gasteiger partial charge in [0.25, 0.3) is 5.91 Å². The molecule has 3 aromatic rings. The molecule has 178 valence electrons. The van der Waals surface area contributed by atoms with Crippen LogP contribution in [-0.4, -0.2) is 28.2 Å². The molecular formula is C31H31NO3. The number of rotatable bonds is 7. The van der Waals surface area contributed by atoms with Gasteiger partial charge in [-0.05, 0) is 40.2 Å². The van der Waals surface area contributed by atoms with Crippen LogP contribution >= 0.6 is 0 Å². The van der Waals surface area contributed by atoms with E-state index in [9.17, 15) is 14.7 Å². The third-order valence-electron chi connectivity index (χ3n) is 6.37. The van der Waals surface area contributed by atoms with Gasteiger partial charge in [-0.25, -0.2) is 0 Å². The van der Waals surface area contributed by atoms with Gasteiger partial charge in [0.15, 0.2) is 11.5 Å². The number of aliphatic hydroxyl groups excluding tert-OH is 1. The van der Waals surface area contributed by atoms with Gasteiger partial charge in [0.1, 0.15) is 0 Å². The predicted molar refractivity (Wildman–Crippen MR) is 140 cm³/mol. The van der Waals surface area contributed by atoms with E-state index in [2.05, 4.69) is 20.8 Å². The zero-order chi connectivity index (χ0) is 25.0. The Balaban J connectivity index is 1.68. The first kappa shape index (κ1) is 24.2. The summed E-state index contributed by atoms with van der Waals surface area (Å²) >= 11 is 0. The fraction of sp³-hybridized carbons (Fsp3) is 0.226. The molecule has 1 atom stereocenters. The lowest BCUT2D eigenvalue weighted by Gasteiger charge is -2.27. The number of hydrogen-bond donors (Lipinski definition) is 1. The molecule has 0 saturated carbocycles. The summed E-state index contributed by atoms with van der Waals surface area (Å²) in [7, 11) is 0. The summed E-state index contributed by atoms with van der Waals surface area (Å²) in [5.41, 5.74) is 4.03. The van der Waals surface area contributed by atoms with Crippen LogP contribution in [0.3, 0.4) is 0 Å². The van der Waals surface area contributed by atoms with E-state index in [1.165, 1.54) is 6.08 Å². The van der Waals surface area contributed by atoms with Crippen LogP contribution in [0.1, 0.15) is 49.1 Å². The Labute approximate surface area is 207 Å². The van der Waals surface area contributed by atoms with E-state index in [0.717, 1.165) is 22.3 Å². The van der Waals surface area contributed by atoms with Gasteiger partial charge in [-0.1, -0.05) is 112 Å². The average Bonchev–Trinajstić information content (AvgIpc) is 3.12. The zero-order valence-electron chi connectivity index (χ0n) is 20.4. The molecule has 1 amide bonds. The predicted octanol–water partition coefficient (Wildman–Crippen LogP) is 6.20. The molecule has 1 heterocycles. The van der Waals surface area contributed by atoms with Gasteiger partial charge < -0.3 is 10.0 Å². The lowest BCUT2D eigenvalue weighted by Crippen LogP contribution is -2.33. The highest BCUT2D eigenvalue weighted by molar-refractivity contribution is 6.14. The first-order valence-corrected chi connectivity index (χ1v) is 11.9. The zero-order valence-corrected chi connectivity index (χ0v) is 20.4. The number of aliphatic hydroxyl groups is 1. The number of allylic oxidation sites excluding steroid dienone is 1. The second-order valence-corrected chi connectivity index (χ2v) is 9.88. The minimum Gasteiger partial charge on any atom is -0.503 e. The number of carbonyl (C=O) groups excluding carboxylic acids is 2. The molecule has 0 radical (unpaired) electrons. The van der Waals surface area contributed by atoms with Crippen LogP contribution in [0.25, 0.3) is 6.08 Å². The van der Waals surface area contributed by atoms with Gasteiger partial charge in [0.2, 0.25) is 0 Å². The van der Waals surface area contributed by atoms with E-state index in [1.807, 2.05) is 84.9 Å². The molecule has 1 aliphatic heterocycles. The number of ketones is 1. The van der Waals surface area contributed by atoms with Crippen molar-refractivity contribution in [1.82, 2.24) is 4.90 Å². The molecule has 0 fully saturated rings. The fourth-order valence-electron chi connectivity index (χ4n) is 4.37. The standard InChI is InChI=1S/C31H31NO3/c1-31(2,3)25-17-15-24(16-18-25)28-27(26(33)19-14-22-10-6-4-7-11-22)29(34)30(35)32(28)21-20-23-12-8-5-9-13-23/h4-19,28,34H,20-21H2,1-3H3. The van der Waals surface area contributed by atoms with Crippen molar-refractivity contribution in [3.63, 3.8) is 0 Å². The van der Waals surface area contributed by atoms with Crippen LogP contribution in [0.4, 0.5) is 0 Å². The second-order valence-electron chi connectivity index (χ2n) is 9.88. The van der Waals surface area contributed by atoms with Gasteiger partial charge in [-0.15, -0.1) is 0 Å². The Morgan fingerprint density at radius 1 is 0.914 bits per heavy atom. The quantitative estimate of drug-likeness (QED) is 0.422. The molecule has 4 rings (SSSR count). The fourth-order valence-corrected chi connectivity index (χ4v) is 4.37. The lowest BCUT2D eigenvalue weighted by molar-refractivity contribution is -0.129. The molecule has 0 aliphatic carbocycles. The van der Waals surface area contributed by atoms with Gasteiger partial charge in [-0.2, -0.15) is 0 Å². The number of hydrogen-bond acceptors (Lipinski definition) is 3. The normalized spacial score (nSPS) is 16.4. The molecule has 4 heteroatoms. The van der Waals surface area contributed by atoms with Gasteiger partial charge in [-0.3, -0.25) is 9.59 Å². The Bertz CT molecular complexity index is 1250. The maximum absolute atomic E-state index is 13.3. The highest BCUT2D eigenvalue weighted by Gasteiger charge is 2.42. The third kappa shape index (κ3) is 5.43. The number of nitrogens with zero attached hydrogens (tertiary/aromatic N) is 1. The summed E-state index contributed by atoms with van der Waals surface area (Å²) in [6, 6.07) is 26.7. The molecule has 0 aromatic heterocycles. The second kappa shape index (κ2) is 10.1. The monoisotopic (exact) mass is 465 g/mol. The van der Waals surface area contributed by atoms with E-state index in [1.54, 1.807) is 11.0 Å². The molecule has 1 unspecified atom stereocenters. The van der Waals surface area contributed by atoms with Crippen molar-refractivity contribution in [3.8, 4) is 0 Å². The van der Waals surface area contributed by atoms with E-state index in [4.69, 9.17) is 0 Å². The van der Waals surface area contributed by atoms with Crippen molar-refractivity contribution in [3.05, 3.63) is 125 Å². The number of benzene rings is 3. The van der Waals surface area contributed by atoms with Crippen molar-refractivity contribution >= 4 is 17.8 Å². The summed E-state index contributed by atoms with van der Waals surface area (Å²) in [6.45, 7) is 6.81. The molecule has 0 spiro atoms. The molecule has 3 aromatic carbocycles. The maximum atomic E-state index is 13.3. The molecular weight excluding hydrogens is 434 g/mol. The van der Waals surface area contributed by atoms with Crippen LogP contribution in [0.15, 0.2) is 102 Å². The Morgan fingerprint density at radius 3 is 2.11 bits per heavy atom. The van der Waals surface area contributed by atoms with E-state index >= 15 is 0 Å². The van der Waals surface area contributed by atoms with Gasteiger partial charge in [0, 0.05) is 6.54 Å². The molecule has 0 saturated heterocycles. The van der Waals surface area contributed by atoms with Crippen LogP contribution < -0.4 is 0 Å². The smallest absolute Gasteiger partial charge is 0.290 e. The SMILES string of the molecule is CC(C)(C)c1ccc(C2C(C(=O)C=Cc3ccccc3)=C(O)C(=O)N2CCc2ccccc2)cc1. The minimum atomic E-state index is -0.645. The van der Waals surface area contributed by atoms with Crippen molar-refractivity contribution < 1.29 is 14.7 Å². The van der Waals surface area contributed by atoms with E-state index in [0.29, 0.717) is 13.0 Å². The average molecular weight is 466 g/mol. The van der Waals surface area contributed by atoms with Gasteiger partial charge >= 0.3 is 0 Å². The summed E-state index contributed by atoms with van der Waals surface area (Å²) < 4.78 is 0. The highest BCUT2D eigenvalue weighted by Crippen LogP contribution is 2.38. The molecule has 0 bridgehead atoms. The first-order valence-electron chi connectivity index (χ1n) is 11.9. The Morgan fingerprint density at radius 2 is 1.51 bits per heavy atom. The van der Waals surface area contributed by atoms with Gasteiger partial charge in [0.05, 0.1) is 11.6 Å². The molecule has 1 N–H and O–H groups in total. The summed E-state index contributed by atoms with van der Waals surface area (Å²) in [5, 5.41) is 10.8. The largest absolute Gasteiger partial charge is 0.503 e.